The quantitative estimate of drug-likeness (QED) is 0.850. The smallest absolute Gasteiger partial charge is 0.261 e. The van der Waals surface area contributed by atoms with E-state index in [-0.39, 0.29) is 24.1 Å². The van der Waals surface area contributed by atoms with Crippen LogP contribution in [0.5, 0.6) is 5.75 Å². The highest BCUT2D eigenvalue weighted by molar-refractivity contribution is 6.21. The van der Waals surface area contributed by atoms with Gasteiger partial charge in [-0.05, 0) is 36.8 Å². The summed E-state index contributed by atoms with van der Waals surface area (Å²) >= 11 is 0. The summed E-state index contributed by atoms with van der Waals surface area (Å²) in [5.41, 5.74) is 2.68. The molecule has 1 heterocycles. The van der Waals surface area contributed by atoms with Crippen LogP contribution in [0.15, 0.2) is 42.5 Å². The lowest BCUT2D eigenvalue weighted by Crippen LogP contribution is -2.29. The van der Waals surface area contributed by atoms with E-state index >= 15 is 0 Å². The van der Waals surface area contributed by atoms with Gasteiger partial charge in [-0.1, -0.05) is 23.8 Å². The molecule has 0 spiro atoms. The number of aryl methyl sites for hydroxylation is 1. The van der Waals surface area contributed by atoms with Crippen molar-refractivity contribution in [1.82, 2.24) is 4.90 Å². The molecule has 2 aromatic rings. The number of carbonyl (C=O) groups is 2. The summed E-state index contributed by atoms with van der Waals surface area (Å²) in [5, 5.41) is 9.25. The maximum Gasteiger partial charge on any atom is 0.261 e. The molecule has 100 valence electrons. The Morgan fingerprint density at radius 1 is 0.950 bits per heavy atom. The zero-order valence-electron chi connectivity index (χ0n) is 11.0. The lowest BCUT2D eigenvalue weighted by Gasteiger charge is -2.13. The molecule has 0 bridgehead atoms. The molecule has 0 aliphatic carbocycles. The highest BCUT2D eigenvalue weighted by atomic mass is 16.3. The van der Waals surface area contributed by atoms with Crippen molar-refractivity contribution in [3.63, 3.8) is 0 Å². The minimum absolute atomic E-state index is 0.159. The van der Waals surface area contributed by atoms with Crippen LogP contribution in [0.25, 0.3) is 0 Å². The van der Waals surface area contributed by atoms with Crippen LogP contribution in [-0.4, -0.2) is 21.8 Å². The van der Waals surface area contributed by atoms with Gasteiger partial charge in [-0.2, -0.15) is 0 Å². The average molecular weight is 267 g/mol. The molecular weight excluding hydrogens is 254 g/mol. The fraction of sp³-hybridized carbons (Fsp3) is 0.125. The standard InChI is InChI=1S/C16H13NO3/c1-10-2-7-13-14(8-10)16(20)17(15(13)19)9-11-3-5-12(18)6-4-11/h2-8,18H,9H2,1H3. The number of fused-ring (bicyclic) bond motifs is 1. The Kier molecular flexibility index (Phi) is 2.79. The van der Waals surface area contributed by atoms with E-state index in [1.165, 1.54) is 17.0 Å². The number of phenolic OH excluding ortho intramolecular Hbond substituents is 1. The van der Waals surface area contributed by atoms with Crippen molar-refractivity contribution in [3.8, 4) is 5.75 Å². The van der Waals surface area contributed by atoms with Crippen molar-refractivity contribution in [2.45, 2.75) is 13.5 Å². The number of amides is 2. The van der Waals surface area contributed by atoms with Gasteiger partial charge in [-0.25, -0.2) is 0 Å². The van der Waals surface area contributed by atoms with E-state index in [4.69, 9.17) is 0 Å². The Balaban J connectivity index is 1.91. The van der Waals surface area contributed by atoms with Crippen LogP contribution in [-0.2, 0) is 6.54 Å². The van der Waals surface area contributed by atoms with Crippen LogP contribution in [0.3, 0.4) is 0 Å². The molecule has 2 aromatic carbocycles. The highest BCUT2D eigenvalue weighted by Crippen LogP contribution is 2.25. The Morgan fingerprint density at radius 2 is 1.60 bits per heavy atom. The van der Waals surface area contributed by atoms with Gasteiger partial charge in [0.15, 0.2) is 0 Å². The summed E-state index contributed by atoms with van der Waals surface area (Å²) in [4.78, 5) is 25.8. The Hall–Kier alpha value is -2.62. The molecule has 2 amide bonds. The third kappa shape index (κ3) is 1.95. The molecule has 20 heavy (non-hydrogen) atoms. The fourth-order valence-corrected chi connectivity index (χ4v) is 2.33. The molecule has 0 saturated heterocycles. The number of carbonyl (C=O) groups excluding carboxylic acids is 2. The first kappa shape index (κ1) is 12.4. The highest BCUT2D eigenvalue weighted by Gasteiger charge is 2.35. The minimum atomic E-state index is -0.266. The molecule has 4 nitrogen and oxygen atoms in total. The van der Waals surface area contributed by atoms with E-state index in [0.717, 1.165) is 11.1 Å². The first-order valence-electron chi connectivity index (χ1n) is 6.31. The number of rotatable bonds is 2. The maximum absolute atomic E-state index is 12.3. The molecule has 3 rings (SSSR count). The third-order valence-electron chi connectivity index (χ3n) is 3.40. The predicted octanol–water partition coefficient (Wildman–Crippen LogP) is 2.50. The van der Waals surface area contributed by atoms with Gasteiger partial charge in [0.2, 0.25) is 0 Å². The zero-order chi connectivity index (χ0) is 14.3. The van der Waals surface area contributed by atoms with Crippen molar-refractivity contribution in [2.24, 2.45) is 0 Å². The third-order valence-corrected chi connectivity index (χ3v) is 3.40. The summed E-state index contributed by atoms with van der Waals surface area (Å²) in [5.74, 6) is -0.369. The molecule has 1 N–H and O–H groups in total. The Bertz CT molecular complexity index is 704. The minimum Gasteiger partial charge on any atom is -0.508 e. The lowest BCUT2D eigenvalue weighted by atomic mass is 10.1. The van der Waals surface area contributed by atoms with Gasteiger partial charge in [0, 0.05) is 0 Å². The molecule has 0 aromatic heterocycles. The van der Waals surface area contributed by atoms with Gasteiger partial charge in [-0.15, -0.1) is 0 Å². The number of benzene rings is 2. The summed E-state index contributed by atoms with van der Waals surface area (Å²) in [6, 6.07) is 11.7. The van der Waals surface area contributed by atoms with Crippen molar-refractivity contribution < 1.29 is 14.7 Å². The van der Waals surface area contributed by atoms with Crippen molar-refractivity contribution in [1.29, 1.82) is 0 Å². The normalized spacial score (nSPS) is 13.8. The fourth-order valence-electron chi connectivity index (χ4n) is 2.33. The molecule has 0 saturated carbocycles. The Labute approximate surface area is 116 Å². The number of phenols is 1. The average Bonchev–Trinajstić information content (AvgIpc) is 2.66. The second-order valence-electron chi connectivity index (χ2n) is 4.91. The molecule has 0 unspecified atom stereocenters. The van der Waals surface area contributed by atoms with E-state index in [1.54, 1.807) is 24.3 Å². The van der Waals surface area contributed by atoms with E-state index in [0.29, 0.717) is 11.1 Å². The number of hydrogen-bond acceptors (Lipinski definition) is 3. The SMILES string of the molecule is Cc1ccc2c(c1)C(=O)N(Cc1ccc(O)cc1)C2=O. The number of nitrogens with zero attached hydrogens (tertiary/aromatic N) is 1. The molecule has 1 aliphatic rings. The van der Waals surface area contributed by atoms with Crippen molar-refractivity contribution in [3.05, 3.63) is 64.7 Å². The predicted molar refractivity (Wildman–Crippen MR) is 73.5 cm³/mol. The van der Waals surface area contributed by atoms with E-state index in [9.17, 15) is 14.7 Å². The molecule has 1 aliphatic heterocycles. The van der Waals surface area contributed by atoms with Crippen LogP contribution < -0.4 is 0 Å². The lowest BCUT2D eigenvalue weighted by molar-refractivity contribution is 0.0642. The summed E-state index contributed by atoms with van der Waals surface area (Å²) in [7, 11) is 0. The van der Waals surface area contributed by atoms with Crippen LogP contribution in [0.2, 0.25) is 0 Å². The summed E-state index contributed by atoms with van der Waals surface area (Å²) < 4.78 is 0. The topological polar surface area (TPSA) is 57.6 Å². The molecule has 4 heteroatoms. The van der Waals surface area contributed by atoms with Gasteiger partial charge >= 0.3 is 0 Å². The van der Waals surface area contributed by atoms with E-state index < -0.39 is 0 Å². The second kappa shape index (κ2) is 4.49. The van der Waals surface area contributed by atoms with Gasteiger partial charge in [0.05, 0.1) is 17.7 Å². The molecule has 0 radical (unpaired) electrons. The first-order valence-corrected chi connectivity index (χ1v) is 6.31. The second-order valence-corrected chi connectivity index (χ2v) is 4.91. The monoisotopic (exact) mass is 267 g/mol. The van der Waals surface area contributed by atoms with Gasteiger partial charge in [0.25, 0.3) is 11.8 Å². The number of hydrogen-bond donors (Lipinski definition) is 1. The largest absolute Gasteiger partial charge is 0.508 e. The molecule has 0 fully saturated rings. The van der Waals surface area contributed by atoms with Gasteiger partial charge in [-0.3, -0.25) is 14.5 Å². The Morgan fingerprint density at radius 3 is 2.30 bits per heavy atom. The summed E-state index contributed by atoms with van der Waals surface area (Å²) in [6.45, 7) is 2.10. The molecular formula is C16H13NO3. The maximum atomic E-state index is 12.3. The summed E-state index contributed by atoms with van der Waals surface area (Å²) in [6.07, 6.45) is 0. The van der Waals surface area contributed by atoms with Crippen molar-refractivity contribution in [2.75, 3.05) is 0 Å². The number of imide groups is 1. The van der Waals surface area contributed by atoms with Crippen molar-refractivity contribution >= 4 is 11.8 Å². The van der Waals surface area contributed by atoms with Gasteiger partial charge in [0.1, 0.15) is 5.75 Å². The van der Waals surface area contributed by atoms with Crippen LogP contribution >= 0.6 is 0 Å². The van der Waals surface area contributed by atoms with Crippen LogP contribution in [0.1, 0.15) is 31.8 Å². The molecule has 0 atom stereocenters. The first-order chi connectivity index (χ1) is 9.56. The van der Waals surface area contributed by atoms with E-state index in [1.807, 2.05) is 13.0 Å². The van der Waals surface area contributed by atoms with Gasteiger partial charge < -0.3 is 5.11 Å². The number of aromatic hydroxyl groups is 1. The zero-order valence-corrected chi connectivity index (χ0v) is 11.0. The van der Waals surface area contributed by atoms with E-state index in [2.05, 4.69) is 0 Å². The van der Waals surface area contributed by atoms with Crippen LogP contribution in [0, 0.1) is 6.92 Å². The van der Waals surface area contributed by atoms with Crippen LogP contribution in [0.4, 0.5) is 0 Å².